The summed E-state index contributed by atoms with van der Waals surface area (Å²) in [6.07, 6.45) is 1.58. The highest BCUT2D eigenvalue weighted by atomic mass is 32.2. The summed E-state index contributed by atoms with van der Waals surface area (Å²) >= 11 is 0. The highest BCUT2D eigenvalue weighted by molar-refractivity contribution is 7.85. The van der Waals surface area contributed by atoms with Crippen LogP contribution < -0.4 is 10.5 Å². The van der Waals surface area contributed by atoms with E-state index < -0.39 is 16.2 Å². The lowest BCUT2D eigenvalue weighted by molar-refractivity contribution is 0.191. The number of nitrogens with two attached hydrogens (primary N) is 1. The Morgan fingerprint density at radius 2 is 1.96 bits per heavy atom. The fourth-order valence-electron chi connectivity index (χ4n) is 2.47. The van der Waals surface area contributed by atoms with Gasteiger partial charge in [-0.25, -0.2) is 0 Å². The average molecular weight is 379 g/mol. The highest BCUT2D eigenvalue weighted by Gasteiger charge is 2.20. The molecule has 0 aliphatic carbocycles. The second-order valence-electron chi connectivity index (χ2n) is 5.49. The molecule has 10 nitrogen and oxygen atoms in total. The number of aromatic nitrogens is 4. The van der Waals surface area contributed by atoms with Crippen LogP contribution in [0.1, 0.15) is 17.3 Å². The Morgan fingerprint density at radius 1 is 1.27 bits per heavy atom. The van der Waals surface area contributed by atoms with Crippen LogP contribution >= 0.6 is 0 Å². The van der Waals surface area contributed by atoms with Gasteiger partial charge in [-0.2, -0.15) is 23.5 Å². The summed E-state index contributed by atoms with van der Waals surface area (Å²) in [4.78, 5) is 8.33. The predicted molar refractivity (Wildman–Crippen MR) is 91.2 cm³/mol. The topological polar surface area (TPSA) is 153 Å². The molecule has 0 saturated carbocycles. The monoisotopic (exact) mass is 379 g/mol. The molecule has 1 aromatic carbocycles. The quantitative estimate of drug-likeness (QED) is 0.503. The van der Waals surface area contributed by atoms with Gasteiger partial charge in [0, 0.05) is 7.05 Å². The third-order valence-corrected chi connectivity index (χ3v) is 4.62. The number of fused-ring (bicyclic) bond motifs is 1. The number of aliphatic hydroxyl groups excluding tert-OH is 1. The van der Waals surface area contributed by atoms with Crippen LogP contribution in [-0.2, 0) is 17.2 Å². The zero-order chi connectivity index (χ0) is 18.9. The number of hydrogen-bond donors (Lipinski definition) is 3. The number of benzene rings is 1. The van der Waals surface area contributed by atoms with Crippen molar-refractivity contribution in [2.45, 2.75) is 10.9 Å². The van der Waals surface area contributed by atoms with Crippen LogP contribution in [0.3, 0.4) is 0 Å². The van der Waals surface area contributed by atoms with Gasteiger partial charge in [0.1, 0.15) is 6.61 Å². The van der Waals surface area contributed by atoms with E-state index in [9.17, 15) is 8.42 Å². The first-order valence-corrected chi connectivity index (χ1v) is 9.01. The molecule has 1 unspecified atom stereocenters. The van der Waals surface area contributed by atoms with Gasteiger partial charge >= 0.3 is 6.01 Å². The first-order chi connectivity index (χ1) is 12.3. The molecular formula is C15H17N5O5S. The van der Waals surface area contributed by atoms with E-state index in [0.29, 0.717) is 22.3 Å². The Bertz CT molecular complexity index is 1030. The molecule has 0 radical (unpaired) electrons. The molecule has 2 aromatic heterocycles. The fourth-order valence-corrected chi connectivity index (χ4v) is 2.95. The van der Waals surface area contributed by atoms with Gasteiger partial charge in [-0.1, -0.05) is 12.1 Å². The van der Waals surface area contributed by atoms with Crippen LogP contribution in [0.5, 0.6) is 6.01 Å². The Hall–Kier alpha value is -2.60. The van der Waals surface area contributed by atoms with Crippen molar-refractivity contribution in [3.8, 4) is 6.01 Å². The molecular weight excluding hydrogens is 362 g/mol. The van der Waals surface area contributed by atoms with E-state index in [1.54, 1.807) is 17.9 Å². The predicted octanol–water partition coefficient (Wildman–Crippen LogP) is 0.0292. The van der Waals surface area contributed by atoms with Crippen molar-refractivity contribution in [3.63, 3.8) is 0 Å². The lowest BCUT2D eigenvalue weighted by atomic mass is 10.0. The van der Waals surface area contributed by atoms with Gasteiger partial charge in [0.2, 0.25) is 0 Å². The van der Waals surface area contributed by atoms with Gasteiger partial charge in [-0.15, -0.1) is 0 Å². The van der Waals surface area contributed by atoms with E-state index in [1.165, 1.54) is 24.3 Å². The van der Waals surface area contributed by atoms with Gasteiger partial charge in [0.25, 0.3) is 10.1 Å². The van der Waals surface area contributed by atoms with E-state index in [0.717, 1.165) is 0 Å². The normalized spacial score (nSPS) is 13.1. The zero-order valence-electron chi connectivity index (χ0n) is 13.8. The first-order valence-electron chi connectivity index (χ1n) is 7.57. The Labute approximate surface area is 149 Å². The summed E-state index contributed by atoms with van der Waals surface area (Å²) in [5.41, 5.74) is 7.83. The molecule has 0 aliphatic heterocycles. The lowest BCUT2D eigenvalue weighted by Crippen LogP contribution is -2.16. The number of hydrogen-bond acceptors (Lipinski definition) is 8. The molecule has 26 heavy (non-hydrogen) atoms. The zero-order valence-corrected chi connectivity index (χ0v) is 14.6. The molecule has 0 amide bonds. The van der Waals surface area contributed by atoms with E-state index in [1.807, 2.05) is 0 Å². The summed E-state index contributed by atoms with van der Waals surface area (Å²) in [7, 11) is -2.57. The maximum absolute atomic E-state index is 11.2. The minimum atomic E-state index is -4.28. The molecule has 138 valence electrons. The molecule has 0 aliphatic rings. The first kappa shape index (κ1) is 18.2. The number of ether oxygens (including phenoxy) is 1. The summed E-state index contributed by atoms with van der Waals surface area (Å²) in [6, 6.07) is 4.84. The van der Waals surface area contributed by atoms with E-state index in [-0.39, 0.29) is 24.1 Å². The number of aryl methyl sites for hydroxylation is 1. The minimum absolute atomic E-state index is 0.0289. The standard InChI is InChI=1S/C15H17N5O5S/c1-20-14-11(8-17-20)13(18-15(19-14)25-7-6-21)12(16)9-2-4-10(5-3-9)26(22,23)24/h2-5,8,12,21H,6-7,16H2,1H3,(H,22,23,24). The van der Waals surface area contributed by atoms with Gasteiger partial charge in [0.05, 0.1) is 34.8 Å². The van der Waals surface area contributed by atoms with Gasteiger partial charge < -0.3 is 15.6 Å². The van der Waals surface area contributed by atoms with Crippen molar-refractivity contribution in [1.82, 2.24) is 19.7 Å². The smallest absolute Gasteiger partial charge is 0.318 e. The summed E-state index contributed by atoms with van der Waals surface area (Å²) < 4.78 is 38.2. The highest BCUT2D eigenvalue weighted by Crippen LogP contribution is 2.27. The molecule has 3 rings (SSSR count). The van der Waals surface area contributed by atoms with Gasteiger partial charge in [0.15, 0.2) is 5.65 Å². The van der Waals surface area contributed by atoms with Crippen LogP contribution in [0, 0.1) is 0 Å². The molecule has 3 aromatic rings. The van der Waals surface area contributed by atoms with Gasteiger partial charge in [-0.3, -0.25) is 9.23 Å². The van der Waals surface area contributed by atoms with Crippen LogP contribution in [0.25, 0.3) is 11.0 Å². The Morgan fingerprint density at radius 3 is 2.58 bits per heavy atom. The summed E-state index contributed by atoms with van der Waals surface area (Å²) in [5, 5.41) is 13.7. The minimum Gasteiger partial charge on any atom is -0.461 e. The van der Waals surface area contributed by atoms with Crippen molar-refractivity contribution in [2.75, 3.05) is 13.2 Å². The Balaban J connectivity index is 2.05. The van der Waals surface area contributed by atoms with Crippen molar-refractivity contribution in [3.05, 3.63) is 41.7 Å². The van der Waals surface area contributed by atoms with Crippen molar-refractivity contribution >= 4 is 21.2 Å². The van der Waals surface area contributed by atoms with Crippen molar-refractivity contribution < 1.29 is 22.8 Å². The maximum Gasteiger partial charge on any atom is 0.318 e. The molecule has 0 spiro atoms. The average Bonchev–Trinajstić information content (AvgIpc) is 2.99. The largest absolute Gasteiger partial charge is 0.461 e. The fraction of sp³-hybridized carbons (Fsp3) is 0.267. The molecule has 0 bridgehead atoms. The van der Waals surface area contributed by atoms with E-state index >= 15 is 0 Å². The van der Waals surface area contributed by atoms with Crippen molar-refractivity contribution in [2.24, 2.45) is 12.8 Å². The number of rotatable bonds is 6. The summed E-state index contributed by atoms with van der Waals surface area (Å²) in [6.45, 7) is -0.160. The molecule has 4 N–H and O–H groups in total. The van der Waals surface area contributed by atoms with Crippen LogP contribution in [0.2, 0.25) is 0 Å². The molecule has 0 fully saturated rings. The van der Waals surface area contributed by atoms with E-state index in [2.05, 4.69) is 15.1 Å². The third kappa shape index (κ3) is 3.51. The van der Waals surface area contributed by atoms with Gasteiger partial charge in [-0.05, 0) is 17.7 Å². The molecule has 1 atom stereocenters. The second kappa shape index (κ2) is 6.96. The Kier molecular flexibility index (Phi) is 4.87. The molecule has 0 saturated heterocycles. The third-order valence-electron chi connectivity index (χ3n) is 3.76. The molecule has 11 heteroatoms. The lowest BCUT2D eigenvalue weighted by Gasteiger charge is -2.14. The summed E-state index contributed by atoms with van der Waals surface area (Å²) in [5.74, 6) is 0. The van der Waals surface area contributed by atoms with Crippen LogP contribution in [0.4, 0.5) is 0 Å². The SMILES string of the molecule is Cn1ncc2c(C(N)c3ccc(S(=O)(=O)O)cc3)nc(OCCO)nc21. The molecule has 2 heterocycles. The van der Waals surface area contributed by atoms with Crippen LogP contribution in [0.15, 0.2) is 35.4 Å². The number of nitrogens with zero attached hydrogens (tertiary/aromatic N) is 4. The van der Waals surface area contributed by atoms with E-state index in [4.69, 9.17) is 20.1 Å². The van der Waals surface area contributed by atoms with Crippen molar-refractivity contribution in [1.29, 1.82) is 0 Å². The number of aliphatic hydroxyl groups is 1. The van der Waals surface area contributed by atoms with Crippen LogP contribution in [-0.4, -0.2) is 51.0 Å². The maximum atomic E-state index is 11.2. The second-order valence-corrected chi connectivity index (χ2v) is 6.91.